The van der Waals surface area contributed by atoms with Gasteiger partial charge in [0.05, 0.1) is 17.4 Å². The SMILES string of the molecule is CCC(C)Oc1ccc2c(c1)/C(=C/c1c(N)c(=O)c1=O)C=C(C(C)(C)C)O2. The Labute approximate surface area is 158 Å². The van der Waals surface area contributed by atoms with Gasteiger partial charge < -0.3 is 15.2 Å². The zero-order valence-electron chi connectivity index (χ0n) is 16.4. The Morgan fingerprint density at radius 1 is 1.22 bits per heavy atom. The van der Waals surface area contributed by atoms with Gasteiger partial charge >= 0.3 is 0 Å². The Kier molecular flexibility index (Phi) is 4.72. The molecule has 0 fully saturated rings. The summed E-state index contributed by atoms with van der Waals surface area (Å²) in [6.07, 6.45) is 4.54. The van der Waals surface area contributed by atoms with E-state index < -0.39 is 10.9 Å². The van der Waals surface area contributed by atoms with Crippen LogP contribution in [0.5, 0.6) is 11.5 Å². The fraction of sp³-hybridized carbons (Fsp3) is 0.364. The molecule has 142 valence electrons. The molecule has 0 saturated carbocycles. The molecule has 0 amide bonds. The van der Waals surface area contributed by atoms with Crippen LogP contribution in [0.15, 0.2) is 39.6 Å². The summed E-state index contributed by atoms with van der Waals surface area (Å²) < 4.78 is 12.0. The molecule has 0 radical (unpaired) electrons. The first-order valence-electron chi connectivity index (χ1n) is 9.13. The Morgan fingerprint density at radius 2 is 1.93 bits per heavy atom. The van der Waals surface area contributed by atoms with Crippen LogP contribution in [0.3, 0.4) is 0 Å². The summed E-state index contributed by atoms with van der Waals surface area (Å²) in [5.74, 6) is 2.18. The van der Waals surface area contributed by atoms with Crippen LogP contribution in [-0.2, 0) is 0 Å². The van der Waals surface area contributed by atoms with Crippen molar-refractivity contribution >= 4 is 17.3 Å². The highest BCUT2D eigenvalue weighted by Crippen LogP contribution is 2.42. The second-order valence-corrected chi connectivity index (χ2v) is 7.94. The number of allylic oxidation sites excluding steroid dienone is 3. The number of rotatable bonds is 4. The lowest BCUT2D eigenvalue weighted by Gasteiger charge is -2.29. The van der Waals surface area contributed by atoms with E-state index >= 15 is 0 Å². The Bertz CT molecular complexity index is 1010. The third kappa shape index (κ3) is 3.54. The summed E-state index contributed by atoms with van der Waals surface area (Å²) in [6, 6.07) is 5.63. The normalized spacial score (nSPS) is 16.6. The number of hydrogen-bond donors (Lipinski definition) is 1. The summed E-state index contributed by atoms with van der Waals surface area (Å²) in [6.45, 7) is 10.2. The van der Waals surface area contributed by atoms with E-state index in [1.54, 1.807) is 6.08 Å². The van der Waals surface area contributed by atoms with E-state index in [-0.39, 0.29) is 22.8 Å². The molecule has 1 atom stereocenters. The van der Waals surface area contributed by atoms with Crippen LogP contribution in [0.2, 0.25) is 0 Å². The Hall–Kier alpha value is -2.82. The van der Waals surface area contributed by atoms with Crippen LogP contribution in [0, 0.1) is 5.41 Å². The molecule has 2 aromatic rings. The molecule has 0 aromatic heterocycles. The van der Waals surface area contributed by atoms with Crippen molar-refractivity contribution in [1.29, 1.82) is 0 Å². The van der Waals surface area contributed by atoms with Gasteiger partial charge in [0.25, 0.3) is 0 Å². The van der Waals surface area contributed by atoms with Crippen molar-refractivity contribution in [3.05, 3.63) is 61.6 Å². The van der Waals surface area contributed by atoms with E-state index in [1.165, 1.54) is 0 Å². The van der Waals surface area contributed by atoms with Crippen LogP contribution in [0.4, 0.5) is 5.69 Å². The van der Waals surface area contributed by atoms with Gasteiger partial charge in [0, 0.05) is 11.0 Å². The maximum atomic E-state index is 11.9. The van der Waals surface area contributed by atoms with Gasteiger partial charge in [-0.3, -0.25) is 9.59 Å². The van der Waals surface area contributed by atoms with Crippen molar-refractivity contribution in [3.8, 4) is 11.5 Å². The van der Waals surface area contributed by atoms with Gasteiger partial charge in [0.1, 0.15) is 17.3 Å². The molecule has 1 aliphatic heterocycles. The van der Waals surface area contributed by atoms with Gasteiger partial charge in [-0.1, -0.05) is 27.7 Å². The summed E-state index contributed by atoms with van der Waals surface area (Å²) >= 11 is 0. The van der Waals surface area contributed by atoms with E-state index in [1.807, 2.05) is 52.0 Å². The smallest absolute Gasteiger partial charge is 0.249 e. The number of nitrogen functional groups attached to an aromatic ring is 1. The largest absolute Gasteiger partial charge is 0.491 e. The van der Waals surface area contributed by atoms with Gasteiger partial charge in [0.2, 0.25) is 10.9 Å². The fourth-order valence-corrected chi connectivity index (χ4v) is 2.79. The molecule has 27 heavy (non-hydrogen) atoms. The maximum Gasteiger partial charge on any atom is 0.249 e. The molecular formula is C22H25NO4. The van der Waals surface area contributed by atoms with Crippen molar-refractivity contribution < 1.29 is 9.47 Å². The molecule has 0 aliphatic carbocycles. The molecule has 1 unspecified atom stereocenters. The lowest BCUT2D eigenvalue weighted by molar-refractivity contribution is 0.217. The summed E-state index contributed by atoms with van der Waals surface area (Å²) in [7, 11) is 0. The zero-order valence-corrected chi connectivity index (χ0v) is 16.4. The third-order valence-corrected chi connectivity index (χ3v) is 4.71. The van der Waals surface area contributed by atoms with Crippen LogP contribution >= 0.6 is 0 Å². The van der Waals surface area contributed by atoms with Crippen LogP contribution in [0.1, 0.15) is 52.2 Å². The van der Waals surface area contributed by atoms with Crippen molar-refractivity contribution in [2.75, 3.05) is 5.73 Å². The Balaban J connectivity index is 2.12. The fourth-order valence-electron chi connectivity index (χ4n) is 2.79. The third-order valence-electron chi connectivity index (χ3n) is 4.71. The number of fused-ring (bicyclic) bond motifs is 1. The van der Waals surface area contributed by atoms with Gasteiger partial charge in [-0.15, -0.1) is 0 Å². The van der Waals surface area contributed by atoms with E-state index in [2.05, 4.69) is 6.92 Å². The van der Waals surface area contributed by atoms with Crippen molar-refractivity contribution in [1.82, 2.24) is 0 Å². The molecular weight excluding hydrogens is 342 g/mol. The quantitative estimate of drug-likeness (QED) is 0.829. The number of anilines is 1. The predicted octanol–water partition coefficient (Wildman–Crippen LogP) is 3.91. The highest BCUT2D eigenvalue weighted by atomic mass is 16.5. The standard InChI is InChI=1S/C22H25NO4/c1-6-12(2)26-14-7-8-17-15(11-14)13(10-18(27-17)22(3,4)5)9-16-19(23)21(25)20(16)24/h7-12H,6,23H2,1-5H3/b13-9+. The van der Waals surface area contributed by atoms with Crippen molar-refractivity contribution in [2.45, 2.75) is 47.1 Å². The minimum absolute atomic E-state index is 0.0123. The lowest BCUT2D eigenvalue weighted by Crippen LogP contribution is -2.36. The molecule has 2 aromatic carbocycles. The van der Waals surface area contributed by atoms with Crippen LogP contribution in [-0.4, -0.2) is 6.10 Å². The predicted molar refractivity (Wildman–Crippen MR) is 109 cm³/mol. The molecule has 1 heterocycles. The van der Waals surface area contributed by atoms with E-state index in [0.29, 0.717) is 5.75 Å². The maximum absolute atomic E-state index is 11.9. The number of ether oxygens (including phenoxy) is 2. The molecule has 0 spiro atoms. The van der Waals surface area contributed by atoms with E-state index in [9.17, 15) is 9.59 Å². The average molecular weight is 367 g/mol. The lowest BCUT2D eigenvalue weighted by atomic mass is 9.88. The first-order valence-corrected chi connectivity index (χ1v) is 9.13. The van der Waals surface area contributed by atoms with Crippen molar-refractivity contribution in [2.24, 2.45) is 5.41 Å². The summed E-state index contributed by atoms with van der Waals surface area (Å²) in [4.78, 5) is 23.3. The summed E-state index contributed by atoms with van der Waals surface area (Å²) in [5.41, 5.74) is 6.16. The number of benzene rings is 1. The van der Waals surface area contributed by atoms with Crippen LogP contribution < -0.4 is 26.1 Å². The topological polar surface area (TPSA) is 78.6 Å². The van der Waals surface area contributed by atoms with E-state index in [0.717, 1.165) is 29.1 Å². The average Bonchev–Trinajstić information content (AvgIpc) is 2.63. The monoisotopic (exact) mass is 367 g/mol. The van der Waals surface area contributed by atoms with Gasteiger partial charge in [0.15, 0.2) is 0 Å². The number of hydrogen-bond acceptors (Lipinski definition) is 5. The minimum atomic E-state index is -0.622. The van der Waals surface area contributed by atoms with Gasteiger partial charge in [-0.05, 0) is 49.3 Å². The summed E-state index contributed by atoms with van der Waals surface area (Å²) in [5, 5.41) is 0. The molecule has 5 nitrogen and oxygen atoms in total. The first-order chi connectivity index (χ1) is 12.6. The van der Waals surface area contributed by atoms with Crippen molar-refractivity contribution in [3.63, 3.8) is 0 Å². The highest BCUT2D eigenvalue weighted by molar-refractivity contribution is 5.94. The molecule has 0 saturated heterocycles. The Morgan fingerprint density at radius 3 is 2.52 bits per heavy atom. The molecule has 3 rings (SSSR count). The first kappa shape index (κ1) is 19.0. The van der Waals surface area contributed by atoms with Gasteiger partial charge in [-0.25, -0.2) is 0 Å². The second-order valence-electron chi connectivity index (χ2n) is 7.94. The van der Waals surface area contributed by atoms with Gasteiger partial charge in [-0.2, -0.15) is 0 Å². The highest BCUT2D eigenvalue weighted by Gasteiger charge is 2.27. The minimum Gasteiger partial charge on any atom is -0.491 e. The molecule has 2 N–H and O–H groups in total. The molecule has 1 aliphatic rings. The molecule has 5 heteroatoms. The number of nitrogens with two attached hydrogens (primary N) is 1. The second kappa shape index (κ2) is 6.72. The molecule has 0 bridgehead atoms. The van der Waals surface area contributed by atoms with Crippen LogP contribution in [0.25, 0.3) is 11.6 Å². The van der Waals surface area contributed by atoms with E-state index in [4.69, 9.17) is 15.2 Å². The zero-order chi connectivity index (χ0) is 19.9.